The molecule has 0 amide bonds. The van der Waals surface area contributed by atoms with Gasteiger partial charge in [-0.15, -0.1) is 0 Å². The van der Waals surface area contributed by atoms with Gasteiger partial charge in [0.15, 0.2) is 0 Å². The first kappa shape index (κ1) is 19.7. The van der Waals surface area contributed by atoms with Crippen molar-refractivity contribution < 1.29 is 19.0 Å². The van der Waals surface area contributed by atoms with E-state index in [-0.39, 0.29) is 12.1 Å². The van der Waals surface area contributed by atoms with Crippen molar-refractivity contribution in [2.45, 2.75) is 39.7 Å². The number of methoxy groups -OCH3 is 1. The Kier molecular flexibility index (Phi) is 5.87. The number of rotatable bonds is 6. The minimum absolute atomic E-state index is 0.0598. The summed E-state index contributed by atoms with van der Waals surface area (Å²) in [7, 11) is 1.62. The third-order valence-electron chi connectivity index (χ3n) is 4.55. The Balaban J connectivity index is 2.28. The van der Waals surface area contributed by atoms with Gasteiger partial charge in [0.2, 0.25) is 5.88 Å². The first-order valence-electron chi connectivity index (χ1n) is 9.41. The Morgan fingerprint density at radius 2 is 2.00 bits per heavy atom. The van der Waals surface area contributed by atoms with Crippen molar-refractivity contribution in [3.8, 4) is 11.6 Å². The Hall–Kier alpha value is -3.02. The number of fused-ring (bicyclic) bond motifs is 1. The lowest BCUT2D eigenvalue weighted by Gasteiger charge is -2.32. The minimum atomic E-state index is -0.422. The zero-order valence-corrected chi connectivity index (χ0v) is 16.9. The van der Waals surface area contributed by atoms with Gasteiger partial charge in [0, 0.05) is 23.1 Å². The van der Waals surface area contributed by atoms with Gasteiger partial charge in [0.1, 0.15) is 5.75 Å². The molecular weight excluding hydrogens is 356 g/mol. The summed E-state index contributed by atoms with van der Waals surface area (Å²) in [6, 6.07) is 9.55. The molecule has 0 fully saturated rings. The maximum atomic E-state index is 12.9. The maximum Gasteiger partial charge on any atom is 0.336 e. The molecule has 6 nitrogen and oxygen atoms in total. The van der Waals surface area contributed by atoms with Crippen molar-refractivity contribution in [1.82, 2.24) is 4.98 Å². The molecule has 0 aliphatic carbocycles. The lowest BCUT2D eigenvalue weighted by atomic mass is 9.80. The fraction of sp³-hybridized carbons (Fsp3) is 0.364. The number of hydrogen-bond acceptors (Lipinski definition) is 6. The Morgan fingerprint density at radius 3 is 2.68 bits per heavy atom. The largest absolute Gasteiger partial charge is 0.496 e. The Morgan fingerprint density at radius 1 is 1.25 bits per heavy atom. The van der Waals surface area contributed by atoms with E-state index < -0.39 is 5.92 Å². The van der Waals surface area contributed by atoms with Crippen LogP contribution >= 0.6 is 0 Å². The van der Waals surface area contributed by atoms with Crippen molar-refractivity contribution >= 4 is 11.7 Å². The van der Waals surface area contributed by atoms with Crippen LogP contribution in [0.1, 0.15) is 44.7 Å². The first-order valence-corrected chi connectivity index (χ1v) is 9.41. The molecule has 148 valence electrons. The fourth-order valence-electron chi connectivity index (χ4n) is 3.49. The van der Waals surface area contributed by atoms with Gasteiger partial charge >= 0.3 is 5.97 Å². The van der Waals surface area contributed by atoms with E-state index in [0.717, 1.165) is 22.5 Å². The van der Waals surface area contributed by atoms with E-state index in [4.69, 9.17) is 14.2 Å². The summed E-state index contributed by atoms with van der Waals surface area (Å²) in [6.07, 6.45) is 1.64. The van der Waals surface area contributed by atoms with Crippen LogP contribution in [0.3, 0.4) is 0 Å². The predicted octanol–water partition coefficient (Wildman–Crippen LogP) is 4.27. The summed E-state index contributed by atoms with van der Waals surface area (Å²) in [4.78, 5) is 17.4. The van der Waals surface area contributed by atoms with Crippen LogP contribution in [0.5, 0.6) is 11.6 Å². The number of esters is 1. The normalized spacial score (nSPS) is 15.7. The Bertz CT molecular complexity index is 905. The summed E-state index contributed by atoms with van der Waals surface area (Å²) in [5.41, 5.74) is 3.78. The zero-order chi connectivity index (χ0) is 20.3. The summed E-state index contributed by atoms with van der Waals surface area (Å²) in [5.74, 6) is 0.391. The van der Waals surface area contributed by atoms with Gasteiger partial charge in [-0.3, -0.25) is 0 Å². The van der Waals surface area contributed by atoms with Crippen molar-refractivity contribution in [3.63, 3.8) is 0 Å². The van der Waals surface area contributed by atoms with Gasteiger partial charge in [-0.25, -0.2) is 9.78 Å². The van der Waals surface area contributed by atoms with Crippen molar-refractivity contribution in [2.75, 3.05) is 19.0 Å². The van der Waals surface area contributed by atoms with Gasteiger partial charge in [0.25, 0.3) is 0 Å². The molecule has 1 atom stereocenters. The van der Waals surface area contributed by atoms with E-state index >= 15 is 0 Å². The molecule has 1 N–H and O–H groups in total. The lowest BCUT2D eigenvalue weighted by Crippen LogP contribution is -2.26. The molecule has 0 saturated heterocycles. The van der Waals surface area contributed by atoms with Crippen LogP contribution in [0.2, 0.25) is 0 Å². The van der Waals surface area contributed by atoms with Gasteiger partial charge in [-0.2, -0.15) is 0 Å². The fourth-order valence-corrected chi connectivity index (χ4v) is 3.49. The summed E-state index contributed by atoms with van der Waals surface area (Å²) in [5, 5.41) is 3.32. The van der Waals surface area contributed by atoms with E-state index in [1.54, 1.807) is 20.2 Å². The molecule has 2 heterocycles. The second kappa shape index (κ2) is 8.33. The molecule has 1 aliphatic heterocycles. The molecule has 1 aromatic carbocycles. The number of benzene rings is 1. The number of ether oxygens (including phenoxy) is 3. The topological polar surface area (TPSA) is 69.7 Å². The van der Waals surface area contributed by atoms with Crippen LogP contribution in [0.4, 0.5) is 5.69 Å². The quantitative estimate of drug-likeness (QED) is 0.753. The van der Waals surface area contributed by atoms with Crippen molar-refractivity contribution in [2.24, 2.45) is 0 Å². The molecule has 0 bridgehead atoms. The van der Waals surface area contributed by atoms with Gasteiger partial charge < -0.3 is 19.5 Å². The highest BCUT2D eigenvalue weighted by Crippen LogP contribution is 2.48. The van der Waals surface area contributed by atoms with E-state index in [1.807, 2.05) is 51.1 Å². The van der Waals surface area contributed by atoms with Crippen LogP contribution in [0.15, 0.2) is 47.8 Å². The summed E-state index contributed by atoms with van der Waals surface area (Å²) < 4.78 is 17.0. The monoisotopic (exact) mass is 382 g/mol. The second-order valence-corrected chi connectivity index (χ2v) is 6.80. The number of nitrogens with one attached hydrogen (secondary N) is 1. The molecule has 2 aromatic rings. The molecule has 6 heteroatoms. The first-order chi connectivity index (χ1) is 13.5. The second-order valence-electron chi connectivity index (χ2n) is 6.80. The van der Waals surface area contributed by atoms with Crippen LogP contribution in [-0.4, -0.2) is 30.8 Å². The molecule has 0 radical (unpaired) electrons. The zero-order valence-electron chi connectivity index (χ0n) is 16.9. The van der Waals surface area contributed by atoms with E-state index in [9.17, 15) is 4.79 Å². The molecule has 1 aromatic heterocycles. The number of allylic oxidation sites excluding steroid dienone is 1. The average Bonchev–Trinajstić information content (AvgIpc) is 2.66. The third kappa shape index (κ3) is 3.67. The third-order valence-corrected chi connectivity index (χ3v) is 4.55. The van der Waals surface area contributed by atoms with Crippen LogP contribution < -0.4 is 14.8 Å². The number of hydrogen-bond donors (Lipinski definition) is 1. The number of carbonyl (C=O) groups excluding carboxylic acids is 1. The van der Waals surface area contributed by atoms with E-state index in [1.165, 1.54) is 0 Å². The SMILES string of the molecule is CCOC(=O)C1=C(C)Nc2ccnc(OC(C)C)c2C1c1ccccc1OC. The molecule has 0 spiro atoms. The van der Waals surface area contributed by atoms with Gasteiger partial charge in [0.05, 0.1) is 36.9 Å². The molecule has 3 rings (SSSR count). The number of pyridine rings is 1. The molecule has 28 heavy (non-hydrogen) atoms. The van der Waals surface area contributed by atoms with Crippen molar-refractivity contribution in [3.05, 3.63) is 58.9 Å². The van der Waals surface area contributed by atoms with Crippen LogP contribution in [0.25, 0.3) is 0 Å². The summed E-state index contributed by atoms with van der Waals surface area (Å²) >= 11 is 0. The maximum absolute atomic E-state index is 12.9. The standard InChI is InChI=1S/C22H26N2O4/c1-6-27-22(25)18-14(4)24-16-11-12-23-21(28-13(2)3)20(16)19(18)15-9-7-8-10-17(15)26-5/h7-13,19,24H,6H2,1-5H3. The van der Waals surface area contributed by atoms with Crippen LogP contribution in [-0.2, 0) is 9.53 Å². The van der Waals surface area contributed by atoms with Crippen LogP contribution in [0, 0.1) is 0 Å². The number of anilines is 1. The van der Waals surface area contributed by atoms with E-state index in [0.29, 0.717) is 23.8 Å². The number of nitrogens with zero attached hydrogens (tertiary/aromatic N) is 1. The number of para-hydroxylation sites is 1. The molecular formula is C22H26N2O4. The molecule has 0 saturated carbocycles. The predicted molar refractivity (Wildman–Crippen MR) is 108 cm³/mol. The van der Waals surface area contributed by atoms with Gasteiger partial charge in [-0.1, -0.05) is 18.2 Å². The van der Waals surface area contributed by atoms with Crippen molar-refractivity contribution in [1.29, 1.82) is 0 Å². The number of carbonyl (C=O) groups is 1. The number of aromatic nitrogens is 1. The molecule has 1 unspecified atom stereocenters. The smallest absolute Gasteiger partial charge is 0.336 e. The molecule has 1 aliphatic rings. The Labute approximate surface area is 165 Å². The van der Waals surface area contributed by atoms with Gasteiger partial charge in [-0.05, 0) is 39.8 Å². The lowest BCUT2D eigenvalue weighted by molar-refractivity contribution is -0.138. The summed E-state index contributed by atoms with van der Waals surface area (Å²) in [6.45, 7) is 7.86. The van der Waals surface area contributed by atoms with E-state index in [2.05, 4.69) is 10.3 Å². The highest BCUT2D eigenvalue weighted by atomic mass is 16.5. The highest BCUT2D eigenvalue weighted by Gasteiger charge is 2.37. The minimum Gasteiger partial charge on any atom is -0.496 e. The average molecular weight is 382 g/mol. The highest BCUT2D eigenvalue weighted by molar-refractivity contribution is 5.95.